The van der Waals surface area contributed by atoms with E-state index in [0.717, 1.165) is 42.2 Å². The number of nitrogens with one attached hydrogen (secondary N) is 2. The van der Waals surface area contributed by atoms with Crippen molar-refractivity contribution < 1.29 is 9.84 Å². The summed E-state index contributed by atoms with van der Waals surface area (Å²) in [6.07, 6.45) is 2.73. The van der Waals surface area contributed by atoms with Crippen molar-refractivity contribution in [1.29, 1.82) is 0 Å². The molecule has 1 saturated carbocycles. The van der Waals surface area contributed by atoms with Crippen molar-refractivity contribution in [2.75, 3.05) is 13.2 Å². The van der Waals surface area contributed by atoms with Gasteiger partial charge in [-0.1, -0.05) is 26.0 Å². The van der Waals surface area contributed by atoms with Crippen LogP contribution < -0.4 is 10.6 Å². The van der Waals surface area contributed by atoms with Crippen molar-refractivity contribution in [2.45, 2.75) is 66.2 Å². The topological polar surface area (TPSA) is 65.9 Å². The first kappa shape index (κ1) is 22.3. The molecule has 0 radical (unpaired) electrons. The molecule has 0 bridgehead atoms. The Morgan fingerprint density at radius 2 is 1.96 bits per heavy atom. The molecular formula is C21H34IN3O2. The van der Waals surface area contributed by atoms with Gasteiger partial charge in [0.05, 0.1) is 12.6 Å². The minimum Gasteiger partial charge on any atom is -0.507 e. The van der Waals surface area contributed by atoms with Crippen LogP contribution in [0.2, 0.25) is 0 Å². The van der Waals surface area contributed by atoms with E-state index in [1.807, 2.05) is 26.0 Å². The second kappa shape index (κ2) is 8.99. The fraction of sp³-hybridized carbons (Fsp3) is 0.667. The molecule has 3 rings (SSSR count). The minimum atomic E-state index is 0. The first-order chi connectivity index (χ1) is 12.3. The summed E-state index contributed by atoms with van der Waals surface area (Å²) in [6.45, 7) is 12.8. The number of phenols is 1. The van der Waals surface area contributed by atoms with Gasteiger partial charge in [0.15, 0.2) is 5.96 Å². The van der Waals surface area contributed by atoms with E-state index in [1.165, 1.54) is 6.42 Å². The molecule has 3 N–H and O–H groups in total. The average Bonchev–Trinajstić information content (AvgIpc) is 2.61. The molecule has 5 nitrogen and oxygen atoms in total. The van der Waals surface area contributed by atoms with Crippen LogP contribution in [0.15, 0.2) is 17.1 Å². The monoisotopic (exact) mass is 487 g/mol. The number of benzene rings is 1. The molecule has 3 atom stereocenters. The second-order valence-electron chi connectivity index (χ2n) is 8.31. The van der Waals surface area contributed by atoms with Crippen molar-refractivity contribution >= 4 is 29.9 Å². The molecule has 3 unspecified atom stereocenters. The molecule has 1 heterocycles. The zero-order valence-electron chi connectivity index (χ0n) is 17.1. The Balaban J connectivity index is 0.00000261. The number of ether oxygens (including phenoxy) is 1. The smallest absolute Gasteiger partial charge is 0.191 e. The van der Waals surface area contributed by atoms with E-state index in [2.05, 4.69) is 31.4 Å². The Hall–Kier alpha value is -1.02. The molecule has 2 fully saturated rings. The maximum absolute atomic E-state index is 9.95. The van der Waals surface area contributed by atoms with Gasteiger partial charge in [0.1, 0.15) is 5.75 Å². The third-order valence-corrected chi connectivity index (χ3v) is 5.94. The molecule has 27 heavy (non-hydrogen) atoms. The van der Waals surface area contributed by atoms with Crippen LogP contribution in [0.3, 0.4) is 0 Å². The van der Waals surface area contributed by atoms with E-state index in [4.69, 9.17) is 9.73 Å². The van der Waals surface area contributed by atoms with Crippen molar-refractivity contribution in [3.8, 4) is 5.75 Å². The number of hydrogen-bond acceptors (Lipinski definition) is 3. The van der Waals surface area contributed by atoms with Crippen molar-refractivity contribution in [3.05, 3.63) is 28.8 Å². The van der Waals surface area contributed by atoms with E-state index < -0.39 is 0 Å². The number of aryl methyl sites for hydroxylation is 2. The fourth-order valence-corrected chi connectivity index (χ4v) is 4.59. The fourth-order valence-electron chi connectivity index (χ4n) is 4.59. The van der Waals surface area contributed by atoms with E-state index in [1.54, 1.807) is 0 Å². The van der Waals surface area contributed by atoms with E-state index >= 15 is 0 Å². The van der Waals surface area contributed by atoms with Gasteiger partial charge in [-0.25, -0.2) is 4.99 Å². The molecule has 2 aliphatic rings. The van der Waals surface area contributed by atoms with Crippen LogP contribution in [0.25, 0.3) is 0 Å². The summed E-state index contributed by atoms with van der Waals surface area (Å²) >= 11 is 0. The summed E-state index contributed by atoms with van der Waals surface area (Å²) in [4.78, 5) is 4.79. The third kappa shape index (κ3) is 4.53. The molecule has 1 saturated heterocycles. The molecule has 152 valence electrons. The van der Waals surface area contributed by atoms with Crippen molar-refractivity contribution in [3.63, 3.8) is 0 Å². The van der Waals surface area contributed by atoms with Gasteiger partial charge in [0, 0.05) is 30.5 Å². The van der Waals surface area contributed by atoms with Crippen LogP contribution >= 0.6 is 24.0 Å². The van der Waals surface area contributed by atoms with Gasteiger partial charge in [0.25, 0.3) is 0 Å². The minimum absolute atomic E-state index is 0. The number of aromatic hydroxyl groups is 1. The lowest BCUT2D eigenvalue weighted by Crippen LogP contribution is -2.71. The van der Waals surface area contributed by atoms with Gasteiger partial charge in [0.2, 0.25) is 0 Å². The molecule has 0 aromatic heterocycles. The molecule has 0 spiro atoms. The predicted octanol–water partition coefficient (Wildman–Crippen LogP) is 3.89. The van der Waals surface area contributed by atoms with Crippen LogP contribution in [0, 0.1) is 25.2 Å². The maximum Gasteiger partial charge on any atom is 0.191 e. The van der Waals surface area contributed by atoms with Gasteiger partial charge in [-0.3, -0.25) is 0 Å². The highest BCUT2D eigenvalue weighted by molar-refractivity contribution is 14.0. The van der Waals surface area contributed by atoms with Gasteiger partial charge >= 0.3 is 0 Å². The Morgan fingerprint density at radius 3 is 2.59 bits per heavy atom. The number of fused-ring (bicyclic) bond motifs is 1. The lowest BCUT2D eigenvalue weighted by atomic mass is 9.55. The standard InChI is InChI=1S/C21H33N3O2.HI/c1-6-22-20(23-12-15-10-13(2)17(25)14(3)11-15)24-18-16-8-7-9-26-19(16)21(18,4)5;/h10-11,16,18-19,25H,6-9,12H2,1-5H3,(H2,22,23,24);1H. The summed E-state index contributed by atoms with van der Waals surface area (Å²) in [7, 11) is 0. The number of nitrogens with zero attached hydrogens (tertiary/aromatic N) is 1. The quantitative estimate of drug-likeness (QED) is 0.343. The molecule has 1 aromatic rings. The first-order valence-electron chi connectivity index (χ1n) is 9.80. The number of halogens is 1. The van der Waals surface area contributed by atoms with E-state index in [9.17, 15) is 5.11 Å². The van der Waals surface area contributed by atoms with Crippen molar-refractivity contribution in [1.82, 2.24) is 10.6 Å². The number of aliphatic imine (C=N–C) groups is 1. The second-order valence-corrected chi connectivity index (χ2v) is 8.31. The molecule has 1 aliphatic heterocycles. The lowest BCUT2D eigenvalue weighted by molar-refractivity contribution is -0.188. The molecular weight excluding hydrogens is 453 g/mol. The predicted molar refractivity (Wildman–Crippen MR) is 121 cm³/mol. The van der Waals surface area contributed by atoms with Crippen LogP contribution in [0.5, 0.6) is 5.75 Å². The Kier molecular flexibility index (Phi) is 7.41. The molecule has 0 amide bonds. The van der Waals surface area contributed by atoms with E-state index in [-0.39, 0.29) is 29.4 Å². The van der Waals surface area contributed by atoms with Crippen LogP contribution in [-0.2, 0) is 11.3 Å². The average molecular weight is 487 g/mol. The zero-order valence-corrected chi connectivity index (χ0v) is 19.5. The van der Waals surface area contributed by atoms with Gasteiger partial charge < -0.3 is 20.5 Å². The van der Waals surface area contributed by atoms with Gasteiger partial charge in [-0.2, -0.15) is 0 Å². The first-order valence-corrected chi connectivity index (χ1v) is 9.80. The summed E-state index contributed by atoms with van der Waals surface area (Å²) in [6, 6.07) is 4.40. The van der Waals surface area contributed by atoms with Gasteiger partial charge in [-0.05, 0) is 50.3 Å². The SMILES string of the molecule is CCNC(=NCc1cc(C)c(O)c(C)c1)NC1C2CCCOC2C1(C)C.I. The number of hydrogen-bond donors (Lipinski definition) is 3. The normalized spacial score (nSPS) is 26.4. The van der Waals surface area contributed by atoms with Crippen LogP contribution in [0.1, 0.15) is 50.3 Å². The number of guanidine groups is 1. The summed E-state index contributed by atoms with van der Waals surface area (Å²) in [5.41, 5.74) is 3.03. The molecule has 1 aliphatic carbocycles. The largest absolute Gasteiger partial charge is 0.507 e. The Bertz CT molecular complexity index is 667. The maximum atomic E-state index is 9.95. The summed E-state index contributed by atoms with van der Waals surface area (Å²) in [5.74, 6) is 1.81. The lowest BCUT2D eigenvalue weighted by Gasteiger charge is -2.60. The summed E-state index contributed by atoms with van der Waals surface area (Å²) in [5, 5.41) is 17.0. The third-order valence-electron chi connectivity index (χ3n) is 5.94. The van der Waals surface area contributed by atoms with Crippen LogP contribution in [-0.4, -0.2) is 36.4 Å². The molecule has 6 heteroatoms. The van der Waals surface area contributed by atoms with Crippen LogP contribution in [0.4, 0.5) is 0 Å². The Labute approximate surface area is 180 Å². The highest BCUT2D eigenvalue weighted by Gasteiger charge is 2.58. The molecule has 1 aromatic carbocycles. The highest BCUT2D eigenvalue weighted by atomic mass is 127. The van der Waals surface area contributed by atoms with E-state index in [0.29, 0.717) is 30.4 Å². The number of phenolic OH excluding ortho intramolecular Hbond substituents is 1. The van der Waals surface area contributed by atoms with Gasteiger partial charge in [-0.15, -0.1) is 24.0 Å². The Morgan fingerprint density at radius 1 is 1.30 bits per heavy atom. The van der Waals surface area contributed by atoms with Crippen molar-refractivity contribution in [2.24, 2.45) is 16.3 Å². The summed E-state index contributed by atoms with van der Waals surface area (Å²) < 4.78 is 6.01. The number of rotatable bonds is 4. The zero-order chi connectivity index (χ0) is 18.9. The highest BCUT2D eigenvalue weighted by Crippen LogP contribution is 2.51.